The highest BCUT2D eigenvalue weighted by atomic mass is 79.9. The number of pyridine rings is 1. The number of amides is 1. The average Bonchev–Trinajstić information content (AvgIpc) is 3.10. The predicted molar refractivity (Wildman–Crippen MR) is 128 cm³/mol. The Balaban J connectivity index is 1.97. The first-order valence-corrected chi connectivity index (χ1v) is 10.9. The number of aliphatic hydroxyl groups is 1. The van der Waals surface area contributed by atoms with Crippen LogP contribution in [-0.4, -0.2) is 36.0 Å². The first-order valence-electron chi connectivity index (χ1n) is 9.75. The van der Waals surface area contributed by atoms with Gasteiger partial charge in [0.2, 0.25) is 0 Å². The van der Waals surface area contributed by atoms with Gasteiger partial charge in [-0.25, -0.2) is 0 Å². The second-order valence-corrected chi connectivity index (χ2v) is 8.44. The van der Waals surface area contributed by atoms with Gasteiger partial charge in [-0.05, 0) is 48.0 Å². The van der Waals surface area contributed by atoms with Gasteiger partial charge < -0.3 is 14.6 Å². The van der Waals surface area contributed by atoms with Crippen molar-refractivity contribution in [3.63, 3.8) is 0 Å². The largest absolute Gasteiger partial charge is 0.507 e. The van der Waals surface area contributed by atoms with Crippen molar-refractivity contribution >= 4 is 50.7 Å². The number of hydrogen-bond acceptors (Lipinski definition) is 6. The van der Waals surface area contributed by atoms with E-state index < -0.39 is 23.5 Å². The molecule has 1 saturated heterocycles. The molecule has 168 valence electrons. The zero-order valence-electron chi connectivity index (χ0n) is 17.6. The Morgan fingerprint density at radius 2 is 1.67 bits per heavy atom. The molecule has 2 heterocycles. The summed E-state index contributed by atoms with van der Waals surface area (Å²) in [6, 6.07) is 12.4. The molecule has 0 aliphatic carbocycles. The molecule has 1 aliphatic heterocycles. The summed E-state index contributed by atoms with van der Waals surface area (Å²) in [6.45, 7) is 0. The Labute approximate surface area is 203 Å². The van der Waals surface area contributed by atoms with Crippen molar-refractivity contribution in [3.05, 3.63) is 87.1 Å². The number of benzene rings is 2. The van der Waals surface area contributed by atoms with Gasteiger partial charge in [-0.15, -0.1) is 0 Å². The molecular weight excluding hydrogens is 512 g/mol. The summed E-state index contributed by atoms with van der Waals surface area (Å²) in [4.78, 5) is 31.8. The predicted octanol–water partition coefficient (Wildman–Crippen LogP) is 5.14. The van der Waals surface area contributed by atoms with E-state index >= 15 is 0 Å². The summed E-state index contributed by atoms with van der Waals surface area (Å²) in [7, 11) is 2.87. The van der Waals surface area contributed by atoms with Crippen LogP contribution in [0.2, 0.25) is 5.02 Å². The minimum absolute atomic E-state index is 0.0892. The molecule has 4 rings (SSSR count). The number of ether oxygens (including phenoxy) is 2. The summed E-state index contributed by atoms with van der Waals surface area (Å²) < 4.78 is 11.4. The molecule has 7 nitrogen and oxygen atoms in total. The van der Waals surface area contributed by atoms with Gasteiger partial charge in [-0.3, -0.25) is 19.5 Å². The van der Waals surface area contributed by atoms with Crippen LogP contribution in [0.3, 0.4) is 0 Å². The molecule has 0 saturated carbocycles. The molecule has 9 heteroatoms. The number of rotatable bonds is 5. The second-order valence-electron chi connectivity index (χ2n) is 7.11. The van der Waals surface area contributed by atoms with Gasteiger partial charge in [0.15, 0.2) is 0 Å². The molecule has 33 heavy (non-hydrogen) atoms. The summed E-state index contributed by atoms with van der Waals surface area (Å²) in [6.07, 6.45) is 3.11. The van der Waals surface area contributed by atoms with Gasteiger partial charge in [-0.2, -0.15) is 0 Å². The standard InChI is InChI=1S/C24H18BrClN2O5/c1-32-18-12-19(33-2)17(26)11-16(18)22(29)20-21(13-7-9-27-10-8-13)28(24(31)23(20)30)15-5-3-14(25)4-6-15/h3-12,21,29H,1-2H3/b22-20+. The lowest BCUT2D eigenvalue weighted by Crippen LogP contribution is -2.29. The van der Waals surface area contributed by atoms with Gasteiger partial charge in [0, 0.05) is 28.6 Å². The number of nitrogens with zero attached hydrogens (tertiary/aromatic N) is 2. The highest BCUT2D eigenvalue weighted by molar-refractivity contribution is 9.10. The molecular formula is C24H18BrClN2O5. The lowest BCUT2D eigenvalue weighted by molar-refractivity contribution is -0.132. The molecule has 1 aliphatic rings. The van der Waals surface area contributed by atoms with Crippen molar-refractivity contribution in [3.8, 4) is 11.5 Å². The van der Waals surface area contributed by atoms with Crippen molar-refractivity contribution in [2.45, 2.75) is 6.04 Å². The molecule has 3 aromatic rings. The van der Waals surface area contributed by atoms with E-state index in [9.17, 15) is 14.7 Å². The first-order chi connectivity index (χ1) is 15.9. The maximum Gasteiger partial charge on any atom is 0.300 e. The van der Waals surface area contributed by atoms with E-state index in [0.717, 1.165) is 4.47 Å². The highest BCUT2D eigenvalue weighted by Crippen LogP contribution is 2.44. The fraction of sp³-hybridized carbons (Fsp3) is 0.125. The van der Waals surface area contributed by atoms with E-state index in [-0.39, 0.29) is 21.9 Å². The molecule has 1 fully saturated rings. The smallest absolute Gasteiger partial charge is 0.300 e. The minimum Gasteiger partial charge on any atom is -0.507 e. The second kappa shape index (κ2) is 9.25. The number of Topliss-reactive ketones (excluding diaryl/α,β-unsaturated/α-hetero) is 1. The van der Waals surface area contributed by atoms with Crippen molar-refractivity contribution in [2.24, 2.45) is 0 Å². The van der Waals surface area contributed by atoms with Crippen LogP contribution in [0.1, 0.15) is 17.2 Å². The van der Waals surface area contributed by atoms with Crippen molar-refractivity contribution < 1.29 is 24.2 Å². The number of carbonyl (C=O) groups excluding carboxylic acids is 2. The van der Waals surface area contributed by atoms with Gasteiger partial charge >= 0.3 is 0 Å². The highest BCUT2D eigenvalue weighted by Gasteiger charge is 2.47. The van der Waals surface area contributed by atoms with E-state index in [0.29, 0.717) is 17.0 Å². The molecule has 1 unspecified atom stereocenters. The van der Waals surface area contributed by atoms with Crippen molar-refractivity contribution in [1.82, 2.24) is 4.98 Å². The molecule has 1 aromatic heterocycles. The Bertz CT molecular complexity index is 1260. The van der Waals surface area contributed by atoms with E-state index in [1.165, 1.54) is 31.3 Å². The Morgan fingerprint density at radius 3 is 2.27 bits per heavy atom. The number of halogens is 2. The van der Waals surface area contributed by atoms with E-state index in [1.54, 1.807) is 48.8 Å². The summed E-state index contributed by atoms with van der Waals surface area (Å²) in [5, 5.41) is 11.5. The molecule has 1 N–H and O–H groups in total. The number of aromatic nitrogens is 1. The molecule has 0 radical (unpaired) electrons. The Morgan fingerprint density at radius 1 is 1.03 bits per heavy atom. The molecule has 2 aromatic carbocycles. The average molecular weight is 530 g/mol. The third-order valence-electron chi connectivity index (χ3n) is 5.30. The van der Waals surface area contributed by atoms with Gasteiger partial charge in [0.1, 0.15) is 17.3 Å². The number of aliphatic hydroxyl groups excluding tert-OH is 1. The van der Waals surface area contributed by atoms with Crippen LogP contribution < -0.4 is 14.4 Å². The minimum atomic E-state index is -0.889. The maximum atomic E-state index is 13.2. The van der Waals surface area contributed by atoms with Gasteiger partial charge in [0.05, 0.1) is 36.4 Å². The Kier molecular flexibility index (Phi) is 6.40. The van der Waals surface area contributed by atoms with Crippen LogP contribution >= 0.6 is 27.5 Å². The summed E-state index contributed by atoms with van der Waals surface area (Å²) >= 11 is 9.65. The third-order valence-corrected chi connectivity index (χ3v) is 6.12. The normalized spacial score (nSPS) is 17.3. The number of hydrogen-bond donors (Lipinski definition) is 1. The zero-order chi connectivity index (χ0) is 23.7. The van der Waals surface area contributed by atoms with Crippen molar-refractivity contribution in [2.75, 3.05) is 19.1 Å². The van der Waals surface area contributed by atoms with Crippen LogP contribution in [0.4, 0.5) is 5.69 Å². The quantitative estimate of drug-likeness (QED) is 0.280. The Hall–Kier alpha value is -3.36. The summed E-state index contributed by atoms with van der Waals surface area (Å²) in [5.74, 6) is -1.43. The topological polar surface area (TPSA) is 89.0 Å². The fourth-order valence-electron chi connectivity index (χ4n) is 3.75. The number of methoxy groups -OCH3 is 2. The number of ketones is 1. The van der Waals surface area contributed by atoms with Crippen LogP contribution in [0.15, 0.2) is 71.0 Å². The fourth-order valence-corrected chi connectivity index (χ4v) is 4.26. The molecule has 1 amide bonds. The van der Waals surface area contributed by atoms with Crippen LogP contribution in [0, 0.1) is 0 Å². The van der Waals surface area contributed by atoms with Gasteiger partial charge in [-0.1, -0.05) is 27.5 Å². The van der Waals surface area contributed by atoms with Crippen molar-refractivity contribution in [1.29, 1.82) is 0 Å². The number of anilines is 1. The summed E-state index contributed by atoms with van der Waals surface area (Å²) in [5.41, 5.74) is 1.18. The maximum absolute atomic E-state index is 13.2. The van der Waals surface area contributed by atoms with E-state index in [4.69, 9.17) is 21.1 Å². The van der Waals surface area contributed by atoms with Crippen LogP contribution in [0.25, 0.3) is 5.76 Å². The van der Waals surface area contributed by atoms with E-state index in [2.05, 4.69) is 20.9 Å². The van der Waals surface area contributed by atoms with E-state index in [1.807, 2.05) is 0 Å². The number of carbonyl (C=O) groups is 2. The first kappa shape index (κ1) is 22.8. The third kappa shape index (κ3) is 4.07. The van der Waals surface area contributed by atoms with Crippen LogP contribution in [0.5, 0.6) is 11.5 Å². The van der Waals surface area contributed by atoms with Crippen LogP contribution in [-0.2, 0) is 9.59 Å². The monoisotopic (exact) mass is 528 g/mol. The van der Waals surface area contributed by atoms with Gasteiger partial charge in [0.25, 0.3) is 11.7 Å². The lowest BCUT2D eigenvalue weighted by atomic mass is 9.95. The SMILES string of the molecule is COc1cc(OC)c(/C(O)=C2\C(=O)C(=O)N(c3ccc(Br)cc3)C2c2ccncc2)cc1Cl. The lowest BCUT2D eigenvalue weighted by Gasteiger charge is -2.25. The zero-order valence-corrected chi connectivity index (χ0v) is 19.9. The molecule has 0 spiro atoms. The molecule has 1 atom stereocenters. The molecule has 0 bridgehead atoms.